The second-order valence-electron chi connectivity index (χ2n) is 5.52. The summed E-state index contributed by atoms with van der Waals surface area (Å²) in [5, 5.41) is 3.34. The summed E-state index contributed by atoms with van der Waals surface area (Å²) in [5.74, 6) is 0.554. The maximum absolute atomic E-state index is 5.54. The highest BCUT2D eigenvalue weighted by Gasteiger charge is 2.17. The summed E-state index contributed by atoms with van der Waals surface area (Å²) in [6.07, 6.45) is 11.2. The molecular weight excluding hydrogens is 258 g/mol. The van der Waals surface area contributed by atoms with Gasteiger partial charge in [-0.05, 0) is 38.0 Å². The van der Waals surface area contributed by atoms with E-state index in [1.807, 2.05) is 6.08 Å². The van der Waals surface area contributed by atoms with Crippen LogP contribution in [0.4, 0.5) is 0 Å². The van der Waals surface area contributed by atoms with E-state index < -0.39 is 0 Å². The molecule has 0 aromatic heterocycles. The van der Waals surface area contributed by atoms with Gasteiger partial charge in [-0.3, -0.25) is 4.99 Å². The van der Waals surface area contributed by atoms with Crippen LogP contribution in [0.3, 0.4) is 0 Å². The zero-order valence-corrected chi connectivity index (χ0v) is 13.3. The van der Waals surface area contributed by atoms with Gasteiger partial charge >= 0.3 is 0 Å². The summed E-state index contributed by atoms with van der Waals surface area (Å²) >= 11 is 0. The van der Waals surface area contributed by atoms with Crippen LogP contribution in [0, 0.1) is 5.92 Å². The van der Waals surface area contributed by atoms with Crippen LogP contribution in [0.2, 0.25) is 0 Å². The first-order valence-electron chi connectivity index (χ1n) is 7.98. The molecule has 1 aliphatic carbocycles. The molecule has 0 amide bonds. The predicted molar refractivity (Wildman–Crippen MR) is 92.0 cm³/mol. The lowest BCUT2D eigenvalue weighted by atomic mass is 10.0. The number of hydrogen-bond donors (Lipinski definition) is 2. The first-order valence-corrected chi connectivity index (χ1v) is 7.98. The van der Waals surface area contributed by atoms with E-state index in [9.17, 15) is 0 Å². The predicted octanol–water partition coefficient (Wildman–Crippen LogP) is 4.05. The number of aliphatic imine (C=N–C) groups is 1. The number of nitrogens with two attached hydrogens (primary N) is 1. The van der Waals surface area contributed by atoms with E-state index in [1.165, 1.54) is 25.7 Å². The van der Waals surface area contributed by atoms with E-state index in [-0.39, 0.29) is 0 Å². The number of nitrogens with one attached hydrogen (secondary N) is 1. The molecule has 21 heavy (non-hydrogen) atoms. The molecule has 0 saturated heterocycles. The van der Waals surface area contributed by atoms with Gasteiger partial charge in [-0.2, -0.15) is 0 Å². The van der Waals surface area contributed by atoms with Gasteiger partial charge in [-0.25, -0.2) is 0 Å². The van der Waals surface area contributed by atoms with Crippen molar-refractivity contribution in [2.75, 3.05) is 6.54 Å². The quantitative estimate of drug-likeness (QED) is 0.496. The Labute approximate surface area is 129 Å². The van der Waals surface area contributed by atoms with Crippen LogP contribution in [0.5, 0.6) is 0 Å². The molecular formula is C18H29N3. The maximum atomic E-state index is 5.54. The van der Waals surface area contributed by atoms with E-state index in [2.05, 4.69) is 31.1 Å². The van der Waals surface area contributed by atoms with Crippen LogP contribution in [-0.4, -0.2) is 12.3 Å². The van der Waals surface area contributed by atoms with Crippen LogP contribution in [0.25, 0.3) is 0 Å². The van der Waals surface area contributed by atoms with Crippen LogP contribution in [0.15, 0.2) is 47.6 Å². The molecule has 0 radical (unpaired) electrons. The molecule has 0 spiro atoms. The van der Waals surface area contributed by atoms with Gasteiger partial charge in [0.2, 0.25) is 0 Å². The molecule has 0 aromatic rings. The molecule has 0 unspecified atom stereocenters. The Hall–Kier alpha value is -1.73. The number of rotatable bonds is 9. The molecule has 1 saturated carbocycles. The van der Waals surface area contributed by atoms with E-state index in [0.29, 0.717) is 5.92 Å². The van der Waals surface area contributed by atoms with Gasteiger partial charge in [0, 0.05) is 30.3 Å². The van der Waals surface area contributed by atoms with E-state index in [1.54, 1.807) is 6.20 Å². The van der Waals surface area contributed by atoms with Crippen molar-refractivity contribution in [2.45, 2.75) is 51.9 Å². The minimum absolute atomic E-state index is 0.554. The Morgan fingerprint density at radius 1 is 1.38 bits per heavy atom. The first kappa shape index (κ1) is 17.3. The fourth-order valence-electron chi connectivity index (χ4n) is 2.59. The van der Waals surface area contributed by atoms with Crippen molar-refractivity contribution in [3.8, 4) is 0 Å². The molecule has 0 heterocycles. The Morgan fingerprint density at radius 3 is 2.67 bits per heavy atom. The summed E-state index contributed by atoms with van der Waals surface area (Å²) < 4.78 is 0. The third-order valence-electron chi connectivity index (χ3n) is 3.84. The highest BCUT2D eigenvalue weighted by Crippen LogP contribution is 2.31. The largest absolute Gasteiger partial charge is 0.405 e. The van der Waals surface area contributed by atoms with Gasteiger partial charge in [0.25, 0.3) is 0 Å². The summed E-state index contributed by atoms with van der Waals surface area (Å²) in [4.78, 5) is 4.70. The molecule has 1 fully saturated rings. The van der Waals surface area contributed by atoms with E-state index >= 15 is 0 Å². The third-order valence-corrected chi connectivity index (χ3v) is 3.84. The fraction of sp³-hybridized carbons (Fsp3) is 0.556. The SMILES string of the molecule is C=C=C(CCC(/C=C\N)=NC(=C)C1CCCC1)NCCC. The van der Waals surface area contributed by atoms with E-state index in [0.717, 1.165) is 42.9 Å². The molecule has 0 bridgehead atoms. The van der Waals surface area contributed by atoms with Crippen molar-refractivity contribution in [3.63, 3.8) is 0 Å². The average Bonchev–Trinajstić information content (AvgIpc) is 3.02. The Bertz CT molecular complexity index is 433. The van der Waals surface area contributed by atoms with Gasteiger partial charge in [-0.1, -0.05) is 32.9 Å². The molecule has 3 nitrogen and oxygen atoms in total. The Morgan fingerprint density at radius 2 is 2.10 bits per heavy atom. The Kier molecular flexibility index (Phi) is 8.30. The Balaban J connectivity index is 2.59. The second kappa shape index (κ2) is 10.1. The summed E-state index contributed by atoms with van der Waals surface area (Å²) in [7, 11) is 0. The lowest BCUT2D eigenvalue weighted by Crippen LogP contribution is -2.14. The molecule has 116 valence electrons. The molecule has 3 heteroatoms. The standard InChI is InChI=1S/C18H29N3/c1-4-14-20-17(5-2)10-11-18(12-13-19)21-15(3)16-8-6-7-9-16/h12-13,16,20H,2-4,6-11,14,19H2,1H3/b13-12-,21-18?. The van der Waals surface area contributed by atoms with Crippen molar-refractivity contribution in [1.82, 2.24) is 5.32 Å². The normalized spacial score (nSPS) is 16.1. The summed E-state index contributed by atoms with van der Waals surface area (Å²) in [6.45, 7) is 11.0. The molecule has 0 aliphatic heterocycles. The van der Waals surface area contributed by atoms with E-state index in [4.69, 9.17) is 10.7 Å². The monoisotopic (exact) mass is 287 g/mol. The molecule has 1 rings (SSSR count). The lowest BCUT2D eigenvalue weighted by molar-refractivity contribution is 0.637. The van der Waals surface area contributed by atoms with Crippen molar-refractivity contribution in [2.24, 2.45) is 16.6 Å². The van der Waals surface area contributed by atoms with Crippen LogP contribution in [0.1, 0.15) is 51.9 Å². The first-order chi connectivity index (χ1) is 10.2. The zero-order chi connectivity index (χ0) is 15.5. The minimum atomic E-state index is 0.554. The molecule has 0 atom stereocenters. The van der Waals surface area contributed by atoms with Crippen LogP contribution >= 0.6 is 0 Å². The topological polar surface area (TPSA) is 50.4 Å². The second-order valence-corrected chi connectivity index (χ2v) is 5.52. The zero-order valence-electron chi connectivity index (χ0n) is 13.3. The third kappa shape index (κ3) is 6.50. The van der Waals surface area contributed by atoms with Crippen LogP contribution < -0.4 is 11.1 Å². The summed E-state index contributed by atoms with van der Waals surface area (Å²) in [5.41, 5.74) is 11.5. The van der Waals surface area contributed by atoms with Gasteiger partial charge < -0.3 is 11.1 Å². The van der Waals surface area contributed by atoms with Crippen molar-refractivity contribution in [3.05, 3.63) is 42.6 Å². The minimum Gasteiger partial charge on any atom is -0.405 e. The van der Waals surface area contributed by atoms with Crippen molar-refractivity contribution >= 4 is 5.71 Å². The van der Waals surface area contributed by atoms with Crippen molar-refractivity contribution < 1.29 is 0 Å². The maximum Gasteiger partial charge on any atom is 0.0535 e. The molecule has 3 N–H and O–H groups in total. The van der Waals surface area contributed by atoms with Gasteiger partial charge in [-0.15, -0.1) is 5.73 Å². The van der Waals surface area contributed by atoms with Gasteiger partial charge in [0.15, 0.2) is 0 Å². The fourth-order valence-corrected chi connectivity index (χ4v) is 2.59. The highest BCUT2D eigenvalue weighted by molar-refractivity contribution is 5.95. The molecule has 0 aromatic carbocycles. The number of hydrogen-bond acceptors (Lipinski definition) is 3. The summed E-state index contributed by atoms with van der Waals surface area (Å²) in [6, 6.07) is 0. The highest BCUT2D eigenvalue weighted by atomic mass is 14.9. The molecule has 1 aliphatic rings. The number of allylic oxidation sites excluding steroid dienone is 3. The van der Waals surface area contributed by atoms with Gasteiger partial charge in [0.05, 0.1) is 5.70 Å². The van der Waals surface area contributed by atoms with Gasteiger partial charge in [0.1, 0.15) is 0 Å². The number of nitrogens with zero attached hydrogens (tertiary/aromatic N) is 1. The average molecular weight is 287 g/mol. The van der Waals surface area contributed by atoms with Crippen LogP contribution in [-0.2, 0) is 0 Å². The lowest BCUT2D eigenvalue weighted by Gasteiger charge is -2.11. The smallest absolute Gasteiger partial charge is 0.0535 e. The van der Waals surface area contributed by atoms with Crippen molar-refractivity contribution in [1.29, 1.82) is 0 Å².